The van der Waals surface area contributed by atoms with Crippen molar-refractivity contribution in [3.05, 3.63) is 255 Å². The Morgan fingerprint density at radius 1 is 0.270 bits per heavy atom. The summed E-state index contributed by atoms with van der Waals surface area (Å²) in [6.45, 7) is 0. The van der Waals surface area contributed by atoms with Crippen LogP contribution in [0.4, 0.5) is 0 Å². The van der Waals surface area contributed by atoms with E-state index < -0.39 is 8.07 Å². The largest absolute Gasteiger partial charge is 0.307 e. The number of fused-ring (bicyclic) bond motifs is 6. The van der Waals surface area contributed by atoms with Gasteiger partial charge in [0.2, 0.25) is 0 Å². The lowest BCUT2D eigenvalue weighted by Crippen LogP contribution is -2.74. The molecule has 0 atom stereocenters. The highest BCUT2D eigenvalue weighted by molar-refractivity contribution is 7.20. The monoisotopic (exact) mass is 818 g/mol. The molecule has 2 heterocycles. The summed E-state index contributed by atoms with van der Waals surface area (Å²) in [6.07, 6.45) is 0. The van der Waals surface area contributed by atoms with Gasteiger partial charge in [0.25, 0.3) is 0 Å². The van der Waals surface area contributed by atoms with Crippen LogP contribution in [0.5, 0.6) is 0 Å². The van der Waals surface area contributed by atoms with E-state index in [-0.39, 0.29) is 0 Å². The summed E-state index contributed by atoms with van der Waals surface area (Å²) >= 11 is 0. The maximum Gasteiger partial charge on any atom is 0.179 e. The molecule has 0 saturated carbocycles. The first-order chi connectivity index (χ1) is 31.3. The van der Waals surface area contributed by atoms with Crippen molar-refractivity contribution in [2.75, 3.05) is 0 Å². The Morgan fingerprint density at radius 3 is 1.22 bits per heavy atom. The molecule has 0 fully saturated rings. The van der Waals surface area contributed by atoms with Crippen LogP contribution in [0.1, 0.15) is 0 Å². The molecule has 0 aliphatic heterocycles. The molecule has 63 heavy (non-hydrogen) atoms. The zero-order valence-electron chi connectivity index (χ0n) is 34.6. The Balaban J connectivity index is 1.23. The van der Waals surface area contributed by atoms with Crippen LogP contribution in [0.2, 0.25) is 0 Å². The van der Waals surface area contributed by atoms with Crippen LogP contribution >= 0.6 is 0 Å². The highest BCUT2D eigenvalue weighted by Gasteiger charge is 2.41. The molecule has 12 aromatic rings. The average Bonchev–Trinajstić information content (AvgIpc) is 3.88. The second-order valence-electron chi connectivity index (χ2n) is 16.4. The SMILES string of the molecule is c1ccc(-c2cccc(-c3ccccc3)c2-n2c3ccccc3c3cccc(-n4c5ccccc5c5ccc([Si](c6ccccc6)(c6ccccc6)c6ccccc6)cc54)c32)cc1. The van der Waals surface area contributed by atoms with Crippen LogP contribution < -0.4 is 20.7 Å². The van der Waals surface area contributed by atoms with Crippen LogP contribution in [-0.2, 0) is 0 Å². The first kappa shape index (κ1) is 36.8. The highest BCUT2D eigenvalue weighted by Crippen LogP contribution is 2.44. The predicted octanol–water partition coefficient (Wildman–Crippen LogP) is 12.6. The Bertz CT molecular complexity index is 3440. The summed E-state index contributed by atoms with van der Waals surface area (Å²) in [6, 6.07) is 94.3. The third-order valence-corrected chi connectivity index (χ3v) is 17.8. The van der Waals surface area contributed by atoms with Gasteiger partial charge in [-0.05, 0) is 56.1 Å². The van der Waals surface area contributed by atoms with E-state index in [1.807, 2.05) is 0 Å². The van der Waals surface area contributed by atoms with Gasteiger partial charge >= 0.3 is 0 Å². The number of rotatable bonds is 8. The second-order valence-corrected chi connectivity index (χ2v) is 20.2. The van der Waals surface area contributed by atoms with Gasteiger partial charge in [0.05, 0.1) is 33.4 Å². The molecule has 0 aliphatic rings. The molecule has 2 aromatic heterocycles. The number of hydrogen-bond acceptors (Lipinski definition) is 0. The Morgan fingerprint density at radius 2 is 0.683 bits per heavy atom. The molecule has 0 radical (unpaired) electrons. The van der Waals surface area contributed by atoms with Crippen molar-refractivity contribution in [2.24, 2.45) is 0 Å². The number of nitrogens with zero attached hydrogens (tertiary/aromatic N) is 2. The van der Waals surface area contributed by atoms with E-state index >= 15 is 0 Å². The van der Waals surface area contributed by atoms with Crippen molar-refractivity contribution in [2.45, 2.75) is 0 Å². The Hall–Kier alpha value is -7.98. The van der Waals surface area contributed by atoms with Gasteiger partial charge in [0.15, 0.2) is 8.07 Å². The third kappa shape index (κ3) is 5.78. The zero-order valence-corrected chi connectivity index (χ0v) is 35.6. The fourth-order valence-electron chi connectivity index (χ4n) is 10.4. The predicted molar refractivity (Wildman–Crippen MR) is 270 cm³/mol. The van der Waals surface area contributed by atoms with Crippen molar-refractivity contribution < 1.29 is 0 Å². The Kier molecular flexibility index (Phi) is 8.87. The molecule has 0 spiro atoms. The summed E-state index contributed by atoms with van der Waals surface area (Å²) in [5.41, 5.74) is 11.7. The van der Waals surface area contributed by atoms with Gasteiger partial charge in [-0.3, -0.25) is 0 Å². The topological polar surface area (TPSA) is 9.86 Å². The molecule has 2 nitrogen and oxygen atoms in total. The van der Waals surface area contributed by atoms with Crippen LogP contribution in [0, 0.1) is 0 Å². The van der Waals surface area contributed by atoms with Crippen LogP contribution in [0.25, 0.3) is 77.2 Å². The molecule has 0 N–H and O–H groups in total. The Labute approximate surface area is 368 Å². The molecule has 12 rings (SSSR count). The number of benzene rings is 10. The van der Waals surface area contributed by atoms with Crippen molar-refractivity contribution in [3.63, 3.8) is 0 Å². The minimum atomic E-state index is -2.84. The first-order valence-electron chi connectivity index (χ1n) is 21.8. The molecular weight excluding hydrogens is 777 g/mol. The van der Waals surface area contributed by atoms with Crippen molar-refractivity contribution in [1.82, 2.24) is 9.13 Å². The van der Waals surface area contributed by atoms with E-state index in [0.29, 0.717) is 0 Å². The molecule has 0 bridgehead atoms. The van der Waals surface area contributed by atoms with E-state index in [2.05, 4.69) is 264 Å². The van der Waals surface area contributed by atoms with Gasteiger partial charge in [0, 0.05) is 32.7 Å². The maximum atomic E-state index is 2.56. The molecule has 0 saturated heterocycles. The molecule has 0 aliphatic carbocycles. The molecule has 0 unspecified atom stereocenters. The van der Waals surface area contributed by atoms with Gasteiger partial charge in [-0.1, -0.05) is 231 Å². The summed E-state index contributed by atoms with van der Waals surface area (Å²) in [7, 11) is -2.84. The van der Waals surface area contributed by atoms with Gasteiger partial charge in [-0.25, -0.2) is 0 Å². The number of aromatic nitrogens is 2. The zero-order chi connectivity index (χ0) is 41.7. The standard InChI is InChI=1S/C60H42N2Si/c1-6-22-43(23-7-1)49-34-20-35-50(44-24-8-2-9-25-44)59(49)62-56-38-19-17-33-52(56)54-36-21-39-57(60(54)62)61-55-37-18-16-32-51(55)53-41-40-48(42-58(53)61)63(45-26-10-3-11-27-45,46-28-12-4-13-29-46)47-30-14-5-15-31-47/h1-42H. The molecule has 296 valence electrons. The number of para-hydroxylation sites is 4. The number of hydrogen-bond donors (Lipinski definition) is 0. The quantitative estimate of drug-likeness (QED) is 0.107. The lowest BCUT2D eigenvalue weighted by molar-refractivity contribution is 1.13. The van der Waals surface area contributed by atoms with Crippen LogP contribution in [-0.4, -0.2) is 17.2 Å². The van der Waals surface area contributed by atoms with Gasteiger partial charge < -0.3 is 9.13 Å². The fourth-order valence-corrected chi connectivity index (χ4v) is 15.2. The van der Waals surface area contributed by atoms with Gasteiger partial charge in [-0.2, -0.15) is 0 Å². The molecule has 0 amide bonds. The van der Waals surface area contributed by atoms with E-state index in [1.54, 1.807) is 0 Å². The smallest absolute Gasteiger partial charge is 0.179 e. The fraction of sp³-hybridized carbons (Fsp3) is 0. The van der Waals surface area contributed by atoms with Crippen molar-refractivity contribution >= 4 is 72.4 Å². The average molecular weight is 819 g/mol. The van der Waals surface area contributed by atoms with Crippen LogP contribution in [0.15, 0.2) is 255 Å². The lowest BCUT2D eigenvalue weighted by Gasteiger charge is -2.34. The van der Waals surface area contributed by atoms with E-state index in [1.165, 1.54) is 92.3 Å². The second kappa shape index (κ2) is 15.2. The summed E-state index contributed by atoms with van der Waals surface area (Å²) in [4.78, 5) is 0. The first-order valence-corrected chi connectivity index (χ1v) is 23.8. The lowest BCUT2D eigenvalue weighted by atomic mass is 9.95. The van der Waals surface area contributed by atoms with Gasteiger partial charge in [0.1, 0.15) is 0 Å². The normalized spacial score (nSPS) is 11.8. The van der Waals surface area contributed by atoms with Crippen molar-refractivity contribution in [1.29, 1.82) is 0 Å². The van der Waals surface area contributed by atoms with E-state index in [0.717, 1.165) is 5.69 Å². The summed E-state index contributed by atoms with van der Waals surface area (Å²) in [5.74, 6) is 0. The van der Waals surface area contributed by atoms with E-state index in [9.17, 15) is 0 Å². The highest BCUT2D eigenvalue weighted by atomic mass is 28.3. The third-order valence-electron chi connectivity index (χ3n) is 13.1. The summed E-state index contributed by atoms with van der Waals surface area (Å²) in [5, 5.41) is 10.3. The van der Waals surface area contributed by atoms with E-state index in [4.69, 9.17) is 0 Å². The molecular formula is C60H42N2Si. The molecule has 10 aromatic carbocycles. The maximum absolute atomic E-state index is 2.84. The van der Waals surface area contributed by atoms with Crippen molar-refractivity contribution in [3.8, 4) is 33.6 Å². The summed E-state index contributed by atoms with van der Waals surface area (Å²) < 4.78 is 5.12. The minimum Gasteiger partial charge on any atom is -0.307 e. The van der Waals surface area contributed by atoms with Crippen LogP contribution in [0.3, 0.4) is 0 Å². The minimum absolute atomic E-state index is 1.14. The molecule has 3 heteroatoms. The van der Waals surface area contributed by atoms with Gasteiger partial charge in [-0.15, -0.1) is 0 Å².